The monoisotopic (exact) mass is 515 g/mol. The lowest BCUT2D eigenvalue weighted by molar-refractivity contribution is -0.138. The van der Waals surface area contributed by atoms with Gasteiger partial charge in [0.05, 0.1) is 11.2 Å². The van der Waals surface area contributed by atoms with Crippen LogP contribution in [0.1, 0.15) is 38.1 Å². The van der Waals surface area contributed by atoms with Crippen molar-refractivity contribution in [2.24, 2.45) is 7.05 Å². The number of benzene rings is 2. The Morgan fingerprint density at radius 1 is 1.03 bits per heavy atom. The summed E-state index contributed by atoms with van der Waals surface area (Å²) in [5, 5.41) is 7.63. The number of nitrogens with zero attached hydrogens (tertiary/aromatic N) is 4. The molecule has 1 amide bonds. The summed E-state index contributed by atoms with van der Waals surface area (Å²) in [6.07, 6.45) is -4.46. The van der Waals surface area contributed by atoms with E-state index in [0.29, 0.717) is 22.2 Å². The van der Waals surface area contributed by atoms with Gasteiger partial charge in [-0.1, -0.05) is 24.3 Å². The first-order valence-corrected chi connectivity index (χ1v) is 11.7. The normalized spacial score (nSPS) is 16.6. The highest BCUT2D eigenvalue weighted by Gasteiger charge is 2.51. The van der Waals surface area contributed by atoms with Crippen LogP contribution in [0.4, 0.5) is 24.8 Å². The molecule has 1 N–H and O–H groups in total. The lowest BCUT2D eigenvalue weighted by atomic mass is 9.79. The van der Waals surface area contributed by atoms with E-state index in [1.165, 1.54) is 12.1 Å². The van der Waals surface area contributed by atoms with Crippen molar-refractivity contribution in [2.75, 3.05) is 18.9 Å². The molecule has 1 aliphatic rings. The standard InChI is InChI=1S/C25H29BF3N5O3/c1-23(2)24(3,4)37-26(36-23)18-11-13-19(14-12-18)30-22-31-20(32-34(22)6)16-7-9-17(10-8-16)21(35)33(5)15-25(27,28)29/h7-14H,15H2,1-6H3,(H,30,31,32). The van der Waals surface area contributed by atoms with Gasteiger partial charge in [0.15, 0.2) is 5.82 Å². The van der Waals surface area contributed by atoms with E-state index in [1.807, 2.05) is 52.0 Å². The Balaban J connectivity index is 1.43. The Morgan fingerprint density at radius 2 is 1.59 bits per heavy atom. The fourth-order valence-corrected chi connectivity index (χ4v) is 3.77. The molecule has 37 heavy (non-hydrogen) atoms. The number of rotatable bonds is 6. The second kappa shape index (κ2) is 9.49. The predicted octanol–water partition coefficient (Wildman–Crippen LogP) is 4.16. The summed E-state index contributed by atoms with van der Waals surface area (Å²) in [6.45, 7) is 6.71. The van der Waals surface area contributed by atoms with E-state index in [1.54, 1.807) is 23.9 Å². The number of nitrogens with one attached hydrogen (secondary N) is 1. The van der Waals surface area contributed by atoms with Gasteiger partial charge in [0, 0.05) is 30.9 Å². The zero-order valence-corrected chi connectivity index (χ0v) is 21.6. The van der Waals surface area contributed by atoms with Crippen molar-refractivity contribution in [3.8, 4) is 11.4 Å². The Labute approximate surface area is 213 Å². The van der Waals surface area contributed by atoms with Crippen LogP contribution in [0.2, 0.25) is 0 Å². The van der Waals surface area contributed by atoms with Crippen molar-refractivity contribution in [1.29, 1.82) is 0 Å². The molecule has 196 valence electrons. The van der Waals surface area contributed by atoms with Gasteiger partial charge in [0.1, 0.15) is 6.54 Å². The number of hydrogen-bond acceptors (Lipinski definition) is 6. The number of halogens is 3. The van der Waals surface area contributed by atoms with Crippen LogP contribution in [-0.4, -0.2) is 63.7 Å². The summed E-state index contributed by atoms with van der Waals surface area (Å²) >= 11 is 0. The van der Waals surface area contributed by atoms with Gasteiger partial charge in [-0.05, 0) is 57.4 Å². The third kappa shape index (κ3) is 5.80. The van der Waals surface area contributed by atoms with Crippen molar-refractivity contribution in [3.63, 3.8) is 0 Å². The molecule has 0 spiro atoms. The molecular formula is C25H29BF3N5O3. The molecule has 4 rings (SSSR count). The maximum absolute atomic E-state index is 12.6. The maximum Gasteiger partial charge on any atom is 0.494 e. The van der Waals surface area contributed by atoms with E-state index in [4.69, 9.17) is 9.31 Å². The third-order valence-corrected chi connectivity index (χ3v) is 6.61. The number of anilines is 2. The zero-order chi connectivity index (χ0) is 27.2. The minimum atomic E-state index is -4.46. The van der Waals surface area contributed by atoms with E-state index in [-0.39, 0.29) is 5.56 Å². The quantitative estimate of drug-likeness (QED) is 0.497. The number of carbonyl (C=O) groups excluding carboxylic acids is 1. The molecule has 12 heteroatoms. The molecule has 8 nitrogen and oxygen atoms in total. The van der Waals surface area contributed by atoms with Crippen molar-refractivity contribution >= 4 is 30.1 Å². The van der Waals surface area contributed by atoms with E-state index in [0.717, 1.165) is 18.2 Å². The van der Waals surface area contributed by atoms with Crippen LogP contribution >= 0.6 is 0 Å². The van der Waals surface area contributed by atoms with Gasteiger partial charge < -0.3 is 19.5 Å². The molecule has 0 saturated carbocycles. The Morgan fingerprint density at radius 3 is 2.14 bits per heavy atom. The molecule has 0 atom stereocenters. The molecule has 2 aromatic carbocycles. The van der Waals surface area contributed by atoms with Crippen LogP contribution in [0.25, 0.3) is 11.4 Å². The zero-order valence-electron chi connectivity index (χ0n) is 21.6. The number of aromatic nitrogens is 3. The summed E-state index contributed by atoms with van der Waals surface area (Å²) < 4.78 is 51.5. The van der Waals surface area contributed by atoms with Gasteiger partial charge >= 0.3 is 13.3 Å². The van der Waals surface area contributed by atoms with Gasteiger partial charge in [-0.2, -0.15) is 18.2 Å². The number of carbonyl (C=O) groups is 1. The molecule has 1 fully saturated rings. The summed E-state index contributed by atoms with van der Waals surface area (Å²) in [7, 11) is 2.40. The summed E-state index contributed by atoms with van der Waals surface area (Å²) in [4.78, 5) is 17.4. The van der Waals surface area contributed by atoms with Crippen molar-refractivity contribution in [3.05, 3.63) is 54.1 Å². The molecule has 1 aliphatic heterocycles. The molecule has 3 aromatic rings. The molecule has 0 unspecified atom stereocenters. The summed E-state index contributed by atoms with van der Waals surface area (Å²) in [5.74, 6) is 0.175. The van der Waals surface area contributed by atoms with Gasteiger partial charge in [-0.15, -0.1) is 5.10 Å². The van der Waals surface area contributed by atoms with Gasteiger partial charge in [-0.3, -0.25) is 4.79 Å². The minimum absolute atomic E-state index is 0.145. The summed E-state index contributed by atoms with van der Waals surface area (Å²) in [5.41, 5.74) is 1.61. The average Bonchev–Trinajstić information content (AvgIpc) is 3.27. The van der Waals surface area contributed by atoms with E-state index in [2.05, 4.69) is 15.4 Å². The smallest absolute Gasteiger partial charge is 0.399 e. The van der Waals surface area contributed by atoms with Crippen LogP contribution in [0.15, 0.2) is 48.5 Å². The second-order valence-corrected chi connectivity index (χ2v) is 10.1. The van der Waals surface area contributed by atoms with Crippen LogP contribution in [-0.2, 0) is 16.4 Å². The maximum atomic E-state index is 12.6. The number of hydrogen-bond donors (Lipinski definition) is 1. The fraction of sp³-hybridized carbons (Fsp3) is 0.400. The number of amides is 1. The van der Waals surface area contributed by atoms with Gasteiger partial charge in [-0.25, -0.2) is 4.68 Å². The highest BCUT2D eigenvalue weighted by molar-refractivity contribution is 6.62. The average molecular weight is 515 g/mol. The van der Waals surface area contributed by atoms with Crippen LogP contribution < -0.4 is 10.8 Å². The van der Waals surface area contributed by atoms with Gasteiger partial charge in [0.25, 0.3) is 5.91 Å². The molecule has 0 bridgehead atoms. The van der Waals surface area contributed by atoms with Crippen molar-refractivity contribution < 1.29 is 27.3 Å². The Hall–Kier alpha value is -3.38. The predicted molar refractivity (Wildman–Crippen MR) is 135 cm³/mol. The topological polar surface area (TPSA) is 81.5 Å². The lowest BCUT2D eigenvalue weighted by Crippen LogP contribution is -2.41. The minimum Gasteiger partial charge on any atom is -0.399 e. The largest absolute Gasteiger partial charge is 0.494 e. The molecule has 1 aromatic heterocycles. The Kier molecular flexibility index (Phi) is 6.85. The highest BCUT2D eigenvalue weighted by Crippen LogP contribution is 2.36. The SMILES string of the molecule is CN(CC(F)(F)F)C(=O)c1ccc(-c2nc(Nc3ccc(B4OC(C)(C)C(C)(C)O4)cc3)n(C)n2)cc1. The first-order chi connectivity index (χ1) is 17.1. The third-order valence-electron chi connectivity index (χ3n) is 6.61. The Bertz CT molecular complexity index is 1260. The van der Waals surface area contributed by atoms with Gasteiger partial charge in [0.2, 0.25) is 5.95 Å². The molecular weight excluding hydrogens is 486 g/mol. The molecule has 2 heterocycles. The number of alkyl halides is 3. The summed E-state index contributed by atoms with van der Waals surface area (Å²) in [6, 6.07) is 13.8. The fourth-order valence-electron chi connectivity index (χ4n) is 3.77. The van der Waals surface area contributed by atoms with E-state index in [9.17, 15) is 18.0 Å². The van der Waals surface area contributed by atoms with E-state index < -0.39 is 36.9 Å². The second-order valence-electron chi connectivity index (χ2n) is 10.1. The lowest BCUT2D eigenvalue weighted by Gasteiger charge is -2.32. The number of aryl methyl sites for hydroxylation is 1. The van der Waals surface area contributed by atoms with Crippen LogP contribution in [0.3, 0.4) is 0 Å². The molecule has 1 saturated heterocycles. The first-order valence-electron chi connectivity index (χ1n) is 11.7. The van der Waals surface area contributed by atoms with Crippen molar-refractivity contribution in [2.45, 2.75) is 45.1 Å². The van der Waals surface area contributed by atoms with E-state index >= 15 is 0 Å². The van der Waals surface area contributed by atoms with Crippen LogP contribution in [0, 0.1) is 0 Å². The van der Waals surface area contributed by atoms with Crippen LogP contribution in [0.5, 0.6) is 0 Å². The highest BCUT2D eigenvalue weighted by atomic mass is 19.4. The first kappa shape index (κ1) is 26.7. The molecule has 0 aliphatic carbocycles. The van der Waals surface area contributed by atoms with Crippen molar-refractivity contribution in [1.82, 2.24) is 19.7 Å². The molecule has 0 radical (unpaired) electrons.